The Hall–Kier alpha value is -0.740. The first-order valence-corrected chi connectivity index (χ1v) is 5.11. The molecule has 76 valence electrons. The molecule has 0 heterocycles. The Balaban J connectivity index is 3.07. The van der Waals surface area contributed by atoms with Crippen molar-refractivity contribution in [3.63, 3.8) is 0 Å². The lowest BCUT2D eigenvalue weighted by molar-refractivity contribution is 0.0955. The fourth-order valence-corrected chi connectivity index (χ4v) is 1.45. The van der Waals surface area contributed by atoms with Crippen LogP contribution in [0.25, 0.3) is 0 Å². The molecule has 0 saturated carbocycles. The second kappa shape index (κ2) is 4.66. The van der Waals surface area contributed by atoms with Gasteiger partial charge in [-0.2, -0.15) is 0 Å². The standard InChI is InChI=1S/C10H11BrFNO/c1-2-8(13)10(14)6-4-3-5-7(11)9(6)12/h3-5,8H,2,13H2,1H3. The van der Waals surface area contributed by atoms with Gasteiger partial charge in [-0.1, -0.05) is 13.0 Å². The molecule has 0 radical (unpaired) electrons. The number of nitrogens with two attached hydrogens (primary N) is 1. The highest BCUT2D eigenvalue weighted by Crippen LogP contribution is 2.19. The molecule has 0 fully saturated rings. The molecule has 0 aliphatic heterocycles. The molecule has 0 aliphatic rings. The lowest BCUT2D eigenvalue weighted by Crippen LogP contribution is -2.30. The van der Waals surface area contributed by atoms with Crippen molar-refractivity contribution >= 4 is 21.7 Å². The summed E-state index contributed by atoms with van der Waals surface area (Å²) in [7, 11) is 0. The number of Topliss-reactive ketones (excluding diaryl/α,β-unsaturated/α-hetero) is 1. The van der Waals surface area contributed by atoms with Crippen LogP contribution < -0.4 is 5.73 Å². The van der Waals surface area contributed by atoms with Gasteiger partial charge in [-0.25, -0.2) is 4.39 Å². The number of rotatable bonds is 3. The van der Waals surface area contributed by atoms with Gasteiger partial charge in [0, 0.05) is 0 Å². The summed E-state index contributed by atoms with van der Waals surface area (Å²) in [5.74, 6) is -0.896. The number of halogens is 2. The van der Waals surface area contributed by atoms with E-state index >= 15 is 0 Å². The molecule has 1 atom stereocenters. The predicted molar refractivity (Wildman–Crippen MR) is 56.7 cm³/mol. The van der Waals surface area contributed by atoms with Crippen molar-refractivity contribution in [3.8, 4) is 0 Å². The summed E-state index contributed by atoms with van der Waals surface area (Å²) in [6, 6.07) is 3.98. The Bertz CT molecular complexity index is 354. The molecule has 1 aromatic rings. The maximum Gasteiger partial charge on any atom is 0.182 e. The second-order valence-electron chi connectivity index (χ2n) is 2.98. The molecule has 1 aromatic carbocycles. The van der Waals surface area contributed by atoms with Crippen LogP contribution in [0, 0.1) is 5.82 Å². The van der Waals surface area contributed by atoms with Crippen LogP contribution >= 0.6 is 15.9 Å². The van der Waals surface area contributed by atoms with E-state index in [4.69, 9.17) is 5.73 Å². The fourth-order valence-electron chi connectivity index (χ4n) is 1.08. The molecule has 0 aromatic heterocycles. The van der Waals surface area contributed by atoms with Crippen LogP contribution in [0.15, 0.2) is 22.7 Å². The molecule has 0 spiro atoms. The summed E-state index contributed by atoms with van der Waals surface area (Å²) in [6.07, 6.45) is 0.505. The smallest absolute Gasteiger partial charge is 0.182 e. The normalized spacial score (nSPS) is 12.6. The Labute approximate surface area is 90.4 Å². The van der Waals surface area contributed by atoms with Gasteiger partial charge in [0.25, 0.3) is 0 Å². The van der Waals surface area contributed by atoms with Gasteiger partial charge >= 0.3 is 0 Å². The van der Waals surface area contributed by atoms with Crippen LogP contribution in [0.5, 0.6) is 0 Å². The quantitative estimate of drug-likeness (QED) is 0.848. The van der Waals surface area contributed by atoms with Gasteiger partial charge in [0.1, 0.15) is 5.82 Å². The maximum absolute atomic E-state index is 13.4. The Morgan fingerprint density at radius 1 is 1.64 bits per heavy atom. The summed E-state index contributed by atoms with van der Waals surface area (Å²) in [5.41, 5.74) is 5.59. The minimum Gasteiger partial charge on any atom is -0.321 e. The number of hydrogen-bond donors (Lipinski definition) is 1. The average Bonchev–Trinajstić information content (AvgIpc) is 2.20. The third-order valence-electron chi connectivity index (χ3n) is 1.99. The lowest BCUT2D eigenvalue weighted by atomic mass is 10.0. The third kappa shape index (κ3) is 2.19. The Morgan fingerprint density at radius 3 is 2.86 bits per heavy atom. The van der Waals surface area contributed by atoms with Crippen molar-refractivity contribution in [2.24, 2.45) is 5.73 Å². The summed E-state index contributed by atoms with van der Waals surface area (Å²) in [5, 5.41) is 0. The van der Waals surface area contributed by atoms with Crippen molar-refractivity contribution in [1.82, 2.24) is 0 Å². The zero-order valence-corrected chi connectivity index (χ0v) is 9.34. The molecular formula is C10H11BrFNO. The molecule has 1 rings (SSSR count). The first-order valence-electron chi connectivity index (χ1n) is 4.31. The minimum absolute atomic E-state index is 0.0497. The number of ketones is 1. The topological polar surface area (TPSA) is 43.1 Å². The highest BCUT2D eigenvalue weighted by molar-refractivity contribution is 9.10. The van der Waals surface area contributed by atoms with Crippen LogP contribution in [0.2, 0.25) is 0 Å². The molecule has 1 unspecified atom stereocenters. The van der Waals surface area contributed by atoms with Gasteiger partial charge in [-0.15, -0.1) is 0 Å². The largest absolute Gasteiger partial charge is 0.321 e. The van der Waals surface area contributed by atoms with Crippen molar-refractivity contribution in [2.45, 2.75) is 19.4 Å². The minimum atomic E-state index is -0.626. The number of carbonyl (C=O) groups excluding carboxylic acids is 1. The highest BCUT2D eigenvalue weighted by Gasteiger charge is 2.18. The summed E-state index contributed by atoms with van der Waals surface area (Å²) >= 11 is 3.02. The molecule has 14 heavy (non-hydrogen) atoms. The van der Waals surface area contributed by atoms with E-state index in [-0.39, 0.29) is 15.8 Å². The van der Waals surface area contributed by atoms with E-state index in [2.05, 4.69) is 15.9 Å². The first kappa shape index (κ1) is 11.3. The van der Waals surface area contributed by atoms with E-state index in [0.29, 0.717) is 6.42 Å². The van der Waals surface area contributed by atoms with Crippen LogP contribution in [0.4, 0.5) is 4.39 Å². The van der Waals surface area contributed by atoms with E-state index < -0.39 is 11.9 Å². The van der Waals surface area contributed by atoms with E-state index in [0.717, 1.165) is 0 Å². The molecule has 2 nitrogen and oxygen atoms in total. The number of benzene rings is 1. The molecule has 2 N–H and O–H groups in total. The monoisotopic (exact) mass is 259 g/mol. The van der Waals surface area contributed by atoms with Gasteiger partial charge in [0.15, 0.2) is 5.78 Å². The molecule has 4 heteroatoms. The van der Waals surface area contributed by atoms with E-state index in [1.165, 1.54) is 6.07 Å². The summed E-state index contributed by atoms with van der Waals surface area (Å²) < 4.78 is 13.7. The highest BCUT2D eigenvalue weighted by atomic mass is 79.9. The van der Waals surface area contributed by atoms with Crippen molar-refractivity contribution < 1.29 is 9.18 Å². The van der Waals surface area contributed by atoms with Crippen molar-refractivity contribution in [1.29, 1.82) is 0 Å². The SMILES string of the molecule is CCC(N)C(=O)c1cccc(Br)c1F. The summed E-state index contributed by atoms with van der Waals surface area (Å²) in [4.78, 5) is 11.6. The Morgan fingerprint density at radius 2 is 2.29 bits per heavy atom. The van der Waals surface area contributed by atoms with Gasteiger partial charge in [-0.3, -0.25) is 4.79 Å². The fraction of sp³-hybridized carbons (Fsp3) is 0.300. The van der Waals surface area contributed by atoms with Crippen molar-refractivity contribution in [2.75, 3.05) is 0 Å². The van der Waals surface area contributed by atoms with Crippen LogP contribution in [0.1, 0.15) is 23.7 Å². The van der Waals surface area contributed by atoms with E-state index in [1.54, 1.807) is 19.1 Å². The van der Waals surface area contributed by atoms with E-state index in [9.17, 15) is 9.18 Å². The molecule has 0 bridgehead atoms. The van der Waals surface area contributed by atoms with Gasteiger partial charge < -0.3 is 5.73 Å². The first-order chi connectivity index (χ1) is 6.57. The lowest BCUT2D eigenvalue weighted by Gasteiger charge is -2.08. The second-order valence-corrected chi connectivity index (χ2v) is 3.83. The van der Waals surface area contributed by atoms with Crippen LogP contribution in [-0.4, -0.2) is 11.8 Å². The zero-order chi connectivity index (χ0) is 10.7. The molecule has 0 aliphatic carbocycles. The van der Waals surface area contributed by atoms with Gasteiger partial charge in [0.05, 0.1) is 16.1 Å². The van der Waals surface area contributed by atoms with Crippen LogP contribution in [-0.2, 0) is 0 Å². The molecule has 0 amide bonds. The van der Waals surface area contributed by atoms with Gasteiger partial charge in [0.2, 0.25) is 0 Å². The number of carbonyl (C=O) groups is 1. The third-order valence-corrected chi connectivity index (χ3v) is 2.61. The molecular weight excluding hydrogens is 249 g/mol. The average molecular weight is 260 g/mol. The molecule has 0 saturated heterocycles. The number of hydrogen-bond acceptors (Lipinski definition) is 2. The maximum atomic E-state index is 13.4. The van der Waals surface area contributed by atoms with E-state index in [1.807, 2.05) is 0 Å². The van der Waals surface area contributed by atoms with Crippen LogP contribution in [0.3, 0.4) is 0 Å². The van der Waals surface area contributed by atoms with Crippen molar-refractivity contribution in [3.05, 3.63) is 34.1 Å². The van der Waals surface area contributed by atoms with Gasteiger partial charge in [-0.05, 0) is 34.5 Å². The Kier molecular flexibility index (Phi) is 3.77. The predicted octanol–water partition coefficient (Wildman–Crippen LogP) is 2.51. The summed E-state index contributed by atoms with van der Waals surface area (Å²) in [6.45, 7) is 1.79. The zero-order valence-electron chi connectivity index (χ0n) is 7.76.